The highest BCUT2D eigenvalue weighted by atomic mass is 16.5. The Morgan fingerprint density at radius 2 is 2.29 bits per heavy atom. The predicted octanol–water partition coefficient (Wildman–Crippen LogP) is 2.13. The number of anilines is 1. The van der Waals surface area contributed by atoms with Gasteiger partial charge in [0.1, 0.15) is 5.82 Å². The molecule has 1 atom stereocenters. The number of hydrogen-bond acceptors (Lipinski definition) is 5. The molecule has 21 heavy (non-hydrogen) atoms. The maximum atomic E-state index is 5.70. The van der Waals surface area contributed by atoms with Gasteiger partial charge in [-0.15, -0.1) is 0 Å². The number of nitrogen functional groups attached to an aromatic ring is 1. The number of nitrogens with one attached hydrogen (secondary N) is 1. The second kappa shape index (κ2) is 6.39. The largest absolute Gasteiger partial charge is 0.377 e. The molecule has 1 fully saturated rings. The summed E-state index contributed by atoms with van der Waals surface area (Å²) in [6.07, 6.45) is 1.34. The molecule has 0 bridgehead atoms. The first-order chi connectivity index (χ1) is 10.3. The third-order valence-electron chi connectivity index (χ3n) is 3.87. The van der Waals surface area contributed by atoms with Crippen LogP contribution in [-0.4, -0.2) is 35.7 Å². The van der Waals surface area contributed by atoms with Crippen LogP contribution in [-0.2, 0) is 11.3 Å². The minimum Gasteiger partial charge on any atom is -0.377 e. The van der Waals surface area contributed by atoms with Gasteiger partial charge in [0.25, 0.3) is 0 Å². The highest BCUT2D eigenvalue weighted by molar-refractivity contribution is 5.81. The van der Waals surface area contributed by atoms with Gasteiger partial charge in [0, 0.05) is 37.2 Å². The Bertz CT molecular complexity index is 616. The molecule has 112 valence electrons. The number of pyridine rings is 1. The lowest BCUT2D eigenvalue weighted by Gasteiger charge is -2.23. The number of hydrazine groups is 1. The first-order valence-corrected chi connectivity index (χ1v) is 7.45. The van der Waals surface area contributed by atoms with Crippen LogP contribution in [0.25, 0.3) is 10.9 Å². The van der Waals surface area contributed by atoms with Gasteiger partial charge in [0.2, 0.25) is 0 Å². The normalized spacial score (nSPS) is 20.4. The van der Waals surface area contributed by atoms with E-state index < -0.39 is 0 Å². The first-order valence-electron chi connectivity index (χ1n) is 7.45. The molecule has 1 aromatic heterocycles. The Labute approximate surface area is 125 Å². The number of ether oxygens (including phenoxy) is 1. The fourth-order valence-corrected chi connectivity index (χ4v) is 2.87. The Kier molecular flexibility index (Phi) is 4.34. The van der Waals surface area contributed by atoms with Crippen molar-refractivity contribution in [1.82, 2.24) is 9.88 Å². The summed E-state index contributed by atoms with van der Waals surface area (Å²) in [6, 6.07) is 10.3. The van der Waals surface area contributed by atoms with E-state index in [9.17, 15) is 0 Å². The van der Waals surface area contributed by atoms with Crippen molar-refractivity contribution in [2.45, 2.75) is 26.0 Å². The van der Waals surface area contributed by atoms with Gasteiger partial charge in [-0.05, 0) is 25.5 Å². The molecule has 5 nitrogen and oxygen atoms in total. The molecule has 5 heteroatoms. The fraction of sp³-hybridized carbons (Fsp3) is 0.438. The zero-order valence-electron chi connectivity index (χ0n) is 12.4. The van der Waals surface area contributed by atoms with Crippen LogP contribution in [0.1, 0.15) is 18.9 Å². The summed E-state index contributed by atoms with van der Waals surface area (Å²) in [4.78, 5) is 7.01. The van der Waals surface area contributed by atoms with Crippen LogP contribution >= 0.6 is 0 Å². The van der Waals surface area contributed by atoms with Gasteiger partial charge < -0.3 is 10.2 Å². The summed E-state index contributed by atoms with van der Waals surface area (Å²) in [5.74, 6) is 6.41. The van der Waals surface area contributed by atoms with Gasteiger partial charge in [0.15, 0.2) is 0 Å². The van der Waals surface area contributed by atoms with E-state index in [1.54, 1.807) is 0 Å². The second-order valence-corrected chi connectivity index (χ2v) is 5.60. The van der Waals surface area contributed by atoms with Gasteiger partial charge in [-0.1, -0.05) is 18.2 Å². The third-order valence-corrected chi connectivity index (χ3v) is 3.87. The van der Waals surface area contributed by atoms with Crippen LogP contribution < -0.4 is 11.3 Å². The van der Waals surface area contributed by atoms with Gasteiger partial charge >= 0.3 is 0 Å². The topological polar surface area (TPSA) is 63.4 Å². The van der Waals surface area contributed by atoms with Crippen molar-refractivity contribution in [3.05, 3.63) is 35.9 Å². The van der Waals surface area contributed by atoms with Crippen LogP contribution in [0.15, 0.2) is 30.3 Å². The zero-order chi connectivity index (χ0) is 14.7. The van der Waals surface area contributed by atoms with Crippen molar-refractivity contribution < 1.29 is 4.74 Å². The van der Waals surface area contributed by atoms with E-state index in [0.29, 0.717) is 0 Å². The lowest BCUT2D eigenvalue weighted by molar-refractivity contribution is 0.0668. The number of nitrogens with zero attached hydrogens (tertiary/aromatic N) is 2. The molecule has 0 saturated carbocycles. The fourth-order valence-electron chi connectivity index (χ4n) is 2.87. The number of hydrogen-bond donors (Lipinski definition) is 2. The smallest absolute Gasteiger partial charge is 0.145 e. The lowest BCUT2D eigenvalue weighted by Crippen LogP contribution is -2.30. The summed E-state index contributed by atoms with van der Waals surface area (Å²) >= 11 is 0. The predicted molar refractivity (Wildman–Crippen MR) is 84.9 cm³/mol. The minimum atomic E-state index is 0.273. The van der Waals surface area contributed by atoms with E-state index in [1.807, 2.05) is 18.2 Å². The summed E-state index contributed by atoms with van der Waals surface area (Å²) in [5.41, 5.74) is 4.82. The average Bonchev–Trinajstić information content (AvgIpc) is 2.70. The molecular weight excluding hydrogens is 264 g/mol. The van der Waals surface area contributed by atoms with Crippen LogP contribution in [0, 0.1) is 0 Å². The van der Waals surface area contributed by atoms with Crippen molar-refractivity contribution in [2.24, 2.45) is 5.84 Å². The molecule has 3 rings (SSSR count). The summed E-state index contributed by atoms with van der Waals surface area (Å²) in [7, 11) is 0. The van der Waals surface area contributed by atoms with Gasteiger partial charge in [0.05, 0.1) is 11.6 Å². The molecule has 3 N–H and O–H groups in total. The molecule has 1 aromatic carbocycles. The molecule has 1 unspecified atom stereocenters. The van der Waals surface area contributed by atoms with Gasteiger partial charge in [-0.3, -0.25) is 4.90 Å². The van der Waals surface area contributed by atoms with E-state index in [-0.39, 0.29) is 6.10 Å². The van der Waals surface area contributed by atoms with Crippen molar-refractivity contribution in [1.29, 1.82) is 0 Å². The minimum absolute atomic E-state index is 0.273. The Balaban J connectivity index is 1.87. The second-order valence-electron chi connectivity index (χ2n) is 5.60. The van der Waals surface area contributed by atoms with Gasteiger partial charge in [-0.2, -0.15) is 0 Å². The number of para-hydroxylation sites is 1. The van der Waals surface area contributed by atoms with Crippen molar-refractivity contribution >= 4 is 16.7 Å². The molecule has 1 aliphatic rings. The monoisotopic (exact) mass is 286 g/mol. The van der Waals surface area contributed by atoms with E-state index in [1.165, 1.54) is 0 Å². The molecule has 1 saturated heterocycles. The summed E-state index contributed by atoms with van der Waals surface area (Å²) in [6.45, 7) is 5.79. The standard InChI is InChI=1S/C16H22N4O/c1-12-10-20(7-4-8-21-12)11-14-9-13-5-2-3-6-15(13)18-16(14)19-17/h2-3,5-6,9,12H,4,7-8,10-11,17H2,1H3,(H,18,19). The Morgan fingerprint density at radius 3 is 3.14 bits per heavy atom. The summed E-state index contributed by atoms with van der Waals surface area (Å²) in [5, 5.41) is 1.14. The third kappa shape index (κ3) is 3.32. The van der Waals surface area contributed by atoms with Crippen LogP contribution in [0.4, 0.5) is 5.82 Å². The van der Waals surface area contributed by atoms with E-state index >= 15 is 0 Å². The maximum Gasteiger partial charge on any atom is 0.145 e. The van der Waals surface area contributed by atoms with E-state index in [4.69, 9.17) is 10.6 Å². The Hall–Kier alpha value is -1.69. The maximum absolute atomic E-state index is 5.70. The summed E-state index contributed by atoms with van der Waals surface area (Å²) < 4.78 is 5.70. The number of rotatable bonds is 3. The lowest BCUT2D eigenvalue weighted by atomic mass is 10.1. The Morgan fingerprint density at radius 1 is 1.43 bits per heavy atom. The zero-order valence-corrected chi connectivity index (χ0v) is 12.4. The van der Waals surface area contributed by atoms with Crippen molar-refractivity contribution in [2.75, 3.05) is 25.1 Å². The first kappa shape index (κ1) is 14.3. The number of aromatic nitrogens is 1. The molecule has 0 spiro atoms. The van der Waals surface area contributed by atoms with Crippen LogP contribution in [0.2, 0.25) is 0 Å². The van der Waals surface area contributed by atoms with Gasteiger partial charge in [-0.25, -0.2) is 10.8 Å². The molecule has 0 amide bonds. The van der Waals surface area contributed by atoms with Crippen molar-refractivity contribution in [3.63, 3.8) is 0 Å². The van der Waals surface area contributed by atoms with Crippen LogP contribution in [0.3, 0.4) is 0 Å². The van der Waals surface area contributed by atoms with E-state index in [0.717, 1.165) is 54.9 Å². The molecule has 2 heterocycles. The molecule has 0 aliphatic carbocycles. The average molecular weight is 286 g/mol. The highest BCUT2D eigenvalue weighted by Crippen LogP contribution is 2.22. The molecule has 0 radical (unpaired) electrons. The quantitative estimate of drug-likeness (QED) is 0.668. The molecular formula is C16H22N4O. The number of fused-ring (bicyclic) bond motifs is 1. The van der Waals surface area contributed by atoms with E-state index in [2.05, 4.69) is 34.4 Å². The van der Waals surface area contributed by atoms with Crippen molar-refractivity contribution in [3.8, 4) is 0 Å². The number of benzene rings is 1. The molecule has 2 aromatic rings. The van der Waals surface area contributed by atoms with Crippen LogP contribution in [0.5, 0.6) is 0 Å². The highest BCUT2D eigenvalue weighted by Gasteiger charge is 2.17. The number of nitrogens with two attached hydrogens (primary N) is 1. The molecule has 1 aliphatic heterocycles. The SMILES string of the molecule is CC1CN(Cc2cc3ccccc3nc2NN)CCCO1.